The molecule has 1 N–H and O–H groups in total. The molecule has 1 aromatic heterocycles. The second kappa shape index (κ2) is 4.49. The number of carbonyl (C=O) groups is 1. The van der Waals surface area contributed by atoms with Crippen molar-refractivity contribution >= 4 is 26.6 Å². The lowest BCUT2D eigenvalue weighted by Crippen LogP contribution is -2.44. The molecule has 0 aliphatic carbocycles. The van der Waals surface area contributed by atoms with E-state index in [9.17, 15) is 13.2 Å². The molecule has 6 nitrogen and oxygen atoms in total. The van der Waals surface area contributed by atoms with Crippen molar-refractivity contribution in [2.24, 2.45) is 0 Å². The summed E-state index contributed by atoms with van der Waals surface area (Å²) in [7, 11) is -1.40. The summed E-state index contributed by atoms with van der Waals surface area (Å²) in [6.45, 7) is 0.310. The quantitative estimate of drug-likeness (QED) is 0.901. The van der Waals surface area contributed by atoms with Crippen molar-refractivity contribution in [3.8, 4) is 5.75 Å². The van der Waals surface area contributed by atoms with Crippen molar-refractivity contribution in [1.29, 1.82) is 0 Å². The monoisotopic (exact) mass is 320 g/mol. The molecular formula is C15H16N2O4S. The van der Waals surface area contributed by atoms with Gasteiger partial charge in [-0.25, -0.2) is 8.42 Å². The van der Waals surface area contributed by atoms with E-state index in [4.69, 9.17) is 4.74 Å². The molecule has 2 aliphatic rings. The standard InChI is InChI=1S/C15H16N2O4S/c1-21-11-3-2-9-4-14(16-13(9)6-11)15(18)17-7-12-5-10(17)8-22(12,19)20/h2-4,6,10,12,16H,5,7-8H2,1H3. The molecule has 22 heavy (non-hydrogen) atoms. The summed E-state index contributed by atoms with van der Waals surface area (Å²) in [5, 5.41) is 0.548. The first kappa shape index (κ1) is 13.6. The summed E-state index contributed by atoms with van der Waals surface area (Å²) < 4.78 is 28.7. The summed E-state index contributed by atoms with van der Waals surface area (Å²) in [5.74, 6) is 0.689. The Bertz CT molecular complexity index is 871. The van der Waals surface area contributed by atoms with E-state index in [-0.39, 0.29) is 23.0 Å². The Balaban J connectivity index is 1.64. The molecule has 2 unspecified atom stereocenters. The molecule has 4 rings (SSSR count). The summed E-state index contributed by atoms with van der Waals surface area (Å²) in [6, 6.07) is 7.20. The molecule has 0 radical (unpaired) electrons. The minimum Gasteiger partial charge on any atom is -0.497 e. The zero-order valence-corrected chi connectivity index (χ0v) is 12.9. The first-order valence-electron chi connectivity index (χ1n) is 7.17. The van der Waals surface area contributed by atoms with E-state index in [0.29, 0.717) is 18.7 Å². The zero-order chi connectivity index (χ0) is 15.5. The molecule has 2 saturated heterocycles. The fraction of sp³-hybridized carbons (Fsp3) is 0.400. The number of H-pyrrole nitrogens is 1. The summed E-state index contributed by atoms with van der Waals surface area (Å²) in [5.41, 5.74) is 1.33. The number of nitrogens with zero attached hydrogens (tertiary/aromatic N) is 1. The molecule has 7 heteroatoms. The number of rotatable bonds is 2. The first-order valence-corrected chi connectivity index (χ1v) is 8.89. The molecule has 1 aromatic carbocycles. The van der Waals surface area contributed by atoms with Gasteiger partial charge in [-0.1, -0.05) is 0 Å². The highest BCUT2D eigenvalue weighted by molar-refractivity contribution is 7.92. The maximum atomic E-state index is 12.6. The first-order chi connectivity index (χ1) is 10.5. The smallest absolute Gasteiger partial charge is 0.270 e. The van der Waals surface area contributed by atoms with Gasteiger partial charge in [-0.05, 0) is 24.6 Å². The van der Waals surface area contributed by atoms with Crippen molar-refractivity contribution in [1.82, 2.24) is 9.88 Å². The molecule has 2 atom stereocenters. The number of benzene rings is 1. The van der Waals surface area contributed by atoms with E-state index >= 15 is 0 Å². The third-order valence-corrected chi connectivity index (χ3v) is 6.84. The van der Waals surface area contributed by atoms with E-state index in [0.717, 1.165) is 16.7 Å². The van der Waals surface area contributed by atoms with Gasteiger partial charge in [0.1, 0.15) is 11.4 Å². The van der Waals surface area contributed by atoms with E-state index in [1.165, 1.54) is 0 Å². The van der Waals surface area contributed by atoms with Gasteiger partial charge in [0.05, 0.1) is 18.1 Å². The van der Waals surface area contributed by atoms with Crippen molar-refractivity contribution in [2.75, 3.05) is 19.4 Å². The predicted molar refractivity (Wildman–Crippen MR) is 81.9 cm³/mol. The average molecular weight is 320 g/mol. The summed E-state index contributed by atoms with van der Waals surface area (Å²) in [4.78, 5) is 17.4. The maximum absolute atomic E-state index is 12.6. The number of likely N-dealkylation sites (tertiary alicyclic amines) is 1. The second-order valence-electron chi connectivity index (χ2n) is 5.93. The number of amides is 1. The van der Waals surface area contributed by atoms with Crippen molar-refractivity contribution in [3.05, 3.63) is 30.0 Å². The van der Waals surface area contributed by atoms with Crippen LogP contribution in [0.25, 0.3) is 10.9 Å². The van der Waals surface area contributed by atoms with Gasteiger partial charge in [-0.2, -0.15) is 0 Å². The highest BCUT2D eigenvalue weighted by Crippen LogP contribution is 2.34. The number of methoxy groups -OCH3 is 1. The lowest BCUT2D eigenvalue weighted by Gasteiger charge is -2.26. The van der Waals surface area contributed by atoms with Crippen LogP contribution in [-0.4, -0.2) is 54.9 Å². The molecule has 2 bridgehead atoms. The fourth-order valence-electron chi connectivity index (χ4n) is 3.45. The zero-order valence-electron chi connectivity index (χ0n) is 12.1. The summed E-state index contributed by atoms with van der Waals surface area (Å²) >= 11 is 0. The van der Waals surface area contributed by atoms with E-state index in [1.807, 2.05) is 18.2 Å². The average Bonchev–Trinajstić information content (AvgIpc) is 3.15. The van der Waals surface area contributed by atoms with Crippen molar-refractivity contribution < 1.29 is 17.9 Å². The Kier molecular flexibility index (Phi) is 2.78. The third kappa shape index (κ3) is 1.92. The molecule has 0 spiro atoms. The number of fused-ring (bicyclic) bond motifs is 3. The van der Waals surface area contributed by atoms with E-state index < -0.39 is 9.84 Å². The second-order valence-corrected chi connectivity index (χ2v) is 8.26. The minimum absolute atomic E-state index is 0.0947. The minimum atomic E-state index is -2.99. The van der Waals surface area contributed by atoms with Gasteiger partial charge in [0.25, 0.3) is 5.91 Å². The Morgan fingerprint density at radius 2 is 2.18 bits per heavy atom. The van der Waals surface area contributed by atoms with Gasteiger partial charge in [0.2, 0.25) is 0 Å². The molecular weight excluding hydrogens is 304 g/mol. The Labute approximate surface area is 128 Å². The SMILES string of the molecule is COc1ccc2cc(C(=O)N3CC4CC3CS4(=O)=O)[nH]c2c1. The Morgan fingerprint density at radius 3 is 2.82 bits per heavy atom. The van der Waals surface area contributed by atoms with Gasteiger partial charge in [-0.15, -0.1) is 0 Å². The molecule has 116 valence electrons. The number of nitrogens with one attached hydrogen (secondary N) is 1. The molecule has 2 aromatic rings. The third-order valence-electron chi connectivity index (χ3n) is 4.63. The summed E-state index contributed by atoms with van der Waals surface area (Å²) in [6.07, 6.45) is 0.572. The van der Waals surface area contributed by atoms with Gasteiger partial charge in [0.15, 0.2) is 9.84 Å². The lowest BCUT2D eigenvalue weighted by atomic mass is 10.2. The number of hydrogen-bond acceptors (Lipinski definition) is 4. The lowest BCUT2D eigenvalue weighted by molar-refractivity contribution is 0.0741. The fourth-order valence-corrected chi connectivity index (χ4v) is 5.48. The molecule has 2 fully saturated rings. The number of hydrogen-bond donors (Lipinski definition) is 1. The van der Waals surface area contributed by atoms with Crippen molar-refractivity contribution in [2.45, 2.75) is 17.7 Å². The molecule has 3 heterocycles. The number of ether oxygens (including phenoxy) is 1. The van der Waals surface area contributed by atoms with Crippen LogP contribution in [0.5, 0.6) is 5.75 Å². The molecule has 2 aliphatic heterocycles. The van der Waals surface area contributed by atoms with E-state index in [2.05, 4.69) is 4.98 Å². The van der Waals surface area contributed by atoms with Gasteiger partial charge < -0.3 is 14.6 Å². The number of aromatic nitrogens is 1. The Hall–Kier alpha value is -2.02. The number of sulfone groups is 1. The van der Waals surface area contributed by atoms with Crippen LogP contribution >= 0.6 is 0 Å². The topological polar surface area (TPSA) is 79.5 Å². The van der Waals surface area contributed by atoms with Crippen LogP contribution in [0.3, 0.4) is 0 Å². The van der Waals surface area contributed by atoms with Crippen LogP contribution in [0.2, 0.25) is 0 Å². The van der Waals surface area contributed by atoms with Crippen molar-refractivity contribution in [3.63, 3.8) is 0 Å². The van der Waals surface area contributed by atoms with Gasteiger partial charge >= 0.3 is 0 Å². The largest absolute Gasteiger partial charge is 0.497 e. The van der Waals surface area contributed by atoms with Crippen LogP contribution in [0, 0.1) is 0 Å². The van der Waals surface area contributed by atoms with Crippen LogP contribution in [0.4, 0.5) is 0 Å². The van der Waals surface area contributed by atoms with E-state index in [1.54, 1.807) is 18.1 Å². The highest BCUT2D eigenvalue weighted by atomic mass is 32.2. The van der Waals surface area contributed by atoms with Gasteiger partial charge in [-0.3, -0.25) is 4.79 Å². The van der Waals surface area contributed by atoms with Crippen LogP contribution < -0.4 is 4.74 Å². The molecule has 1 amide bonds. The van der Waals surface area contributed by atoms with Crippen LogP contribution in [0.1, 0.15) is 16.9 Å². The normalized spacial score (nSPS) is 25.8. The highest BCUT2D eigenvalue weighted by Gasteiger charge is 2.50. The molecule has 0 saturated carbocycles. The van der Waals surface area contributed by atoms with Crippen LogP contribution in [-0.2, 0) is 9.84 Å². The number of aromatic amines is 1. The van der Waals surface area contributed by atoms with Gasteiger partial charge in [0, 0.05) is 29.6 Å². The number of carbonyl (C=O) groups excluding carboxylic acids is 1. The predicted octanol–water partition coefficient (Wildman–Crippen LogP) is 1.19. The Morgan fingerprint density at radius 1 is 1.36 bits per heavy atom. The maximum Gasteiger partial charge on any atom is 0.270 e. The van der Waals surface area contributed by atoms with Crippen LogP contribution in [0.15, 0.2) is 24.3 Å².